The maximum atomic E-state index is 10.4. The molecule has 2 rings (SSSR count). The molecule has 0 bridgehead atoms. The van der Waals surface area contributed by atoms with Gasteiger partial charge in [-0.15, -0.1) is 0 Å². The SMILES string of the molecule is O=CC1=CC2(CCCCC2)ON1. The number of rotatable bonds is 1. The van der Waals surface area contributed by atoms with E-state index in [1.807, 2.05) is 6.08 Å². The summed E-state index contributed by atoms with van der Waals surface area (Å²) in [5.41, 5.74) is 3.08. The number of aldehydes is 1. The van der Waals surface area contributed by atoms with Crippen LogP contribution in [0.5, 0.6) is 0 Å². The normalized spacial score (nSPS) is 26.5. The van der Waals surface area contributed by atoms with Gasteiger partial charge in [-0.05, 0) is 18.9 Å². The lowest BCUT2D eigenvalue weighted by Gasteiger charge is -2.29. The van der Waals surface area contributed by atoms with Gasteiger partial charge >= 0.3 is 0 Å². The van der Waals surface area contributed by atoms with Crippen LogP contribution in [0.3, 0.4) is 0 Å². The highest BCUT2D eigenvalue weighted by molar-refractivity contribution is 5.72. The van der Waals surface area contributed by atoms with Crippen molar-refractivity contribution < 1.29 is 9.63 Å². The predicted molar refractivity (Wildman–Crippen MR) is 44.2 cm³/mol. The summed E-state index contributed by atoms with van der Waals surface area (Å²) < 4.78 is 0. The number of nitrogens with one attached hydrogen (secondary N) is 1. The van der Waals surface area contributed by atoms with E-state index < -0.39 is 0 Å². The molecule has 66 valence electrons. The van der Waals surface area contributed by atoms with Gasteiger partial charge in [0.1, 0.15) is 5.60 Å². The molecule has 1 fully saturated rings. The van der Waals surface area contributed by atoms with E-state index in [0.717, 1.165) is 19.1 Å². The highest BCUT2D eigenvalue weighted by Gasteiger charge is 2.35. The molecule has 12 heavy (non-hydrogen) atoms. The van der Waals surface area contributed by atoms with Crippen molar-refractivity contribution in [1.82, 2.24) is 5.48 Å². The first kappa shape index (κ1) is 7.80. The van der Waals surface area contributed by atoms with E-state index in [4.69, 9.17) is 4.84 Å². The zero-order valence-electron chi connectivity index (χ0n) is 7.01. The summed E-state index contributed by atoms with van der Waals surface area (Å²) in [6.07, 6.45) is 8.50. The molecular formula is C9H13NO2. The Balaban J connectivity index is 2.11. The van der Waals surface area contributed by atoms with Crippen molar-refractivity contribution in [2.24, 2.45) is 0 Å². The Morgan fingerprint density at radius 1 is 1.42 bits per heavy atom. The second-order valence-electron chi connectivity index (χ2n) is 3.55. The fraction of sp³-hybridized carbons (Fsp3) is 0.667. The fourth-order valence-electron chi connectivity index (χ4n) is 1.96. The van der Waals surface area contributed by atoms with Crippen LogP contribution < -0.4 is 5.48 Å². The third kappa shape index (κ3) is 1.25. The standard InChI is InChI=1S/C9H13NO2/c11-7-8-6-9(12-10-8)4-2-1-3-5-9/h6-7,10H,1-5H2. The molecule has 1 heterocycles. The summed E-state index contributed by atoms with van der Waals surface area (Å²) in [6.45, 7) is 0. The number of hydroxylamine groups is 1. The van der Waals surface area contributed by atoms with Gasteiger partial charge in [0.15, 0.2) is 6.29 Å². The molecule has 0 aromatic rings. The molecule has 0 radical (unpaired) electrons. The van der Waals surface area contributed by atoms with Gasteiger partial charge in [0, 0.05) is 0 Å². The third-order valence-electron chi connectivity index (χ3n) is 2.62. The Kier molecular flexibility index (Phi) is 1.89. The van der Waals surface area contributed by atoms with Crippen molar-refractivity contribution in [1.29, 1.82) is 0 Å². The summed E-state index contributed by atoms with van der Waals surface area (Å²) in [7, 11) is 0. The number of hydrogen-bond acceptors (Lipinski definition) is 3. The molecule has 3 nitrogen and oxygen atoms in total. The second-order valence-corrected chi connectivity index (χ2v) is 3.55. The summed E-state index contributed by atoms with van der Waals surface area (Å²) in [6, 6.07) is 0. The van der Waals surface area contributed by atoms with Crippen LogP contribution in [-0.4, -0.2) is 11.9 Å². The Bertz CT molecular complexity index is 217. The lowest BCUT2D eigenvalue weighted by atomic mass is 9.85. The topological polar surface area (TPSA) is 38.3 Å². The Hall–Kier alpha value is -0.830. The lowest BCUT2D eigenvalue weighted by Crippen LogP contribution is -2.31. The molecule has 1 aliphatic carbocycles. The van der Waals surface area contributed by atoms with Gasteiger partial charge in [0.25, 0.3) is 0 Å². The minimum atomic E-state index is -0.158. The van der Waals surface area contributed by atoms with Gasteiger partial charge in [-0.1, -0.05) is 19.3 Å². The Morgan fingerprint density at radius 3 is 2.75 bits per heavy atom. The number of hydrogen-bond donors (Lipinski definition) is 1. The highest BCUT2D eigenvalue weighted by atomic mass is 16.7. The second kappa shape index (κ2) is 2.90. The van der Waals surface area contributed by atoms with Crippen LogP contribution in [-0.2, 0) is 9.63 Å². The van der Waals surface area contributed by atoms with Crippen LogP contribution >= 0.6 is 0 Å². The van der Waals surface area contributed by atoms with Crippen LogP contribution in [0, 0.1) is 0 Å². The molecule has 1 aliphatic heterocycles. The van der Waals surface area contributed by atoms with Gasteiger partial charge in [0.05, 0.1) is 5.70 Å². The molecule has 0 saturated heterocycles. The summed E-state index contributed by atoms with van der Waals surface area (Å²) in [4.78, 5) is 15.8. The van der Waals surface area contributed by atoms with E-state index in [2.05, 4.69) is 5.48 Å². The first-order chi connectivity index (χ1) is 5.85. The maximum Gasteiger partial charge on any atom is 0.167 e. The molecule has 0 aromatic heterocycles. The molecule has 2 aliphatic rings. The molecule has 0 aromatic carbocycles. The largest absolute Gasteiger partial charge is 0.296 e. The van der Waals surface area contributed by atoms with E-state index in [1.165, 1.54) is 19.3 Å². The van der Waals surface area contributed by atoms with Crippen LogP contribution in [0.1, 0.15) is 32.1 Å². The molecule has 3 heteroatoms. The number of carbonyl (C=O) groups excluding carboxylic acids is 1. The summed E-state index contributed by atoms with van der Waals surface area (Å²) in [5.74, 6) is 0. The van der Waals surface area contributed by atoms with Gasteiger partial charge < -0.3 is 0 Å². The monoisotopic (exact) mass is 167 g/mol. The predicted octanol–water partition coefficient (Wildman–Crippen LogP) is 1.31. The third-order valence-corrected chi connectivity index (χ3v) is 2.62. The molecule has 0 unspecified atom stereocenters. The summed E-state index contributed by atoms with van der Waals surface area (Å²) in [5, 5.41) is 0. The fourth-order valence-corrected chi connectivity index (χ4v) is 1.96. The first-order valence-electron chi connectivity index (χ1n) is 4.47. The van der Waals surface area contributed by atoms with Crippen LogP contribution in [0.2, 0.25) is 0 Å². The van der Waals surface area contributed by atoms with Crippen molar-refractivity contribution in [3.05, 3.63) is 11.8 Å². The molecule has 1 spiro atoms. The minimum Gasteiger partial charge on any atom is -0.296 e. The molecule has 0 amide bonds. The smallest absolute Gasteiger partial charge is 0.167 e. The van der Waals surface area contributed by atoms with Gasteiger partial charge in [-0.25, -0.2) is 0 Å². The van der Waals surface area contributed by atoms with Crippen LogP contribution in [0.25, 0.3) is 0 Å². The quantitative estimate of drug-likeness (QED) is 0.598. The van der Waals surface area contributed by atoms with E-state index in [9.17, 15) is 4.79 Å². The Morgan fingerprint density at radius 2 is 2.17 bits per heavy atom. The molecule has 1 N–H and O–H groups in total. The van der Waals surface area contributed by atoms with Crippen LogP contribution in [0.4, 0.5) is 0 Å². The van der Waals surface area contributed by atoms with Gasteiger partial charge in [-0.3, -0.25) is 15.1 Å². The average Bonchev–Trinajstić information content (AvgIpc) is 2.50. The minimum absolute atomic E-state index is 0.158. The zero-order valence-corrected chi connectivity index (χ0v) is 7.01. The van der Waals surface area contributed by atoms with Crippen molar-refractivity contribution >= 4 is 6.29 Å². The van der Waals surface area contributed by atoms with Crippen molar-refractivity contribution in [2.75, 3.05) is 0 Å². The maximum absolute atomic E-state index is 10.4. The van der Waals surface area contributed by atoms with E-state index in [0.29, 0.717) is 5.70 Å². The average molecular weight is 167 g/mol. The van der Waals surface area contributed by atoms with E-state index in [-0.39, 0.29) is 5.60 Å². The van der Waals surface area contributed by atoms with Crippen molar-refractivity contribution in [3.8, 4) is 0 Å². The molecular weight excluding hydrogens is 154 g/mol. The Labute approximate surface area is 71.7 Å². The van der Waals surface area contributed by atoms with E-state index >= 15 is 0 Å². The molecule has 0 atom stereocenters. The lowest BCUT2D eigenvalue weighted by molar-refractivity contribution is -0.107. The van der Waals surface area contributed by atoms with E-state index in [1.54, 1.807) is 0 Å². The van der Waals surface area contributed by atoms with Crippen molar-refractivity contribution in [2.45, 2.75) is 37.7 Å². The van der Waals surface area contributed by atoms with Crippen molar-refractivity contribution in [3.63, 3.8) is 0 Å². The number of carbonyl (C=O) groups is 1. The first-order valence-corrected chi connectivity index (χ1v) is 4.47. The molecule has 1 saturated carbocycles. The van der Waals surface area contributed by atoms with Gasteiger partial charge in [-0.2, -0.15) is 0 Å². The van der Waals surface area contributed by atoms with Crippen LogP contribution in [0.15, 0.2) is 11.8 Å². The highest BCUT2D eigenvalue weighted by Crippen LogP contribution is 2.35. The summed E-state index contributed by atoms with van der Waals surface area (Å²) >= 11 is 0. The number of allylic oxidation sites excluding steroid dienone is 1. The zero-order chi connectivity index (χ0) is 8.44. The van der Waals surface area contributed by atoms with Gasteiger partial charge in [0.2, 0.25) is 0 Å².